The van der Waals surface area contributed by atoms with Crippen molar-refractivity contribution < 1.29 is 18.1 Å². The summed E-state index contributed by atoms with van der Waals surface area (Å²) >= 11 is 0. The summed E-state index contributed by atoms with van der Waals surface area (Å²) in [6.07, 6.45) is -4.46. The fourth-order valence-electron chi connectivity index (χ4n) is 2.92. The molecule has 0 bridgehead atoms. The lowest BCUT2D eigenvalue weighted by atomic mass is 10.1. The normalized spacial score (nSPS) is 15.9. The molecule has 0 spiro atoms. The van der Waals surface area contributed by atoms with Gasteiger partial charge in [0.15, 0.2) is 0 Å². The molecule has 6 nitrogen and oxygen atoms in total. The van der Waals surface area contributed by atoms with Gasteiger partial charge in [-0.15, -0.1) is 0 Å². The summed E-state index contributed by atoms with van der Waals surface area (Å²) in [6.45, 7) is 2.93. The van der Waals surface area contributed by atoms with Gasteiger partial charge in [-0.1, -0.05) is 18.2 Å². The molecule has 0 amide bonds. The zero-order valence-electron chi connectivity index (χ0n) is 13.8. The first kappa shape index (κ1) is 18.1. The molecular formula is C17H17F3N4O2. The van der Waals surface area contributed by atoms with Crippen LogP contribution in [0.25, 0.3) is 0 Å². The first-order valence-corrected chi connectivity index (χ1v) is 8.08. The molecule has 2 heterocycles. The minimum Gasteiger partial charge on any atom is -0.354 e. The van der Waals surface area contributed by atoms with Gasteiger partial charge in [-0.3, -0.25) is 15.0 Å². The van der Waals surface area contributed by atoms with E-state index >= 15 is 0 Å². The number of anilines is 1. The average molecular weight is 366 g/mol. The highest BCUT2D eigenvalue weighted by molar-refractivity contribution is 5.40. The Labute approximate surface area is 148 Å². The summed E-state index contributed by atoms with van der Waals surface area (Å²) in [7, 11) is 0. The minimum absolute atomic E-state index is 0.0503. The highest BCUT2D eigenvalue weighted by Crippen LogP contribution is 2.29. The molecule has 26 heavy (non-hydrogen) atoms. The molecule has 1 aliphatic heterocycles. The van der Waals surface area contributed by atoms with Crippen LogP contribution in [0, 0.1) is 10.1 Å². The van der Waals surface area contributed by atoms with Gasteiger partial charge in [0.05, 0.1) is 4.92 Å². The van der Waals surface area contributed by atoms with Crippen molar-refractivity contribution >= 4 is 11.5 Å². The molecule has 1 fully saturated rings. The monoisotopic (exact) mass is 366 g/mol. The number of non-ortho nitro benzene ring substituents is 1. The van der Waals surface area contributed by atoms with Crippen molar-refractivity contribution in [3.8, 4) is 0 Å². The zero-order valence-corrected chi connectivity index (χ0v) is 13.8. The number of rotatable bonds is 4. The van der Waals surface area contributed by atoms with Crippen molar-refractivity contribution in [2.24, 2.45) is 0 Å². The summed E-state index contributed by atoms with van der Waals surface area (Å²) in [6, 6.07) is 10.4. The number of hydrogen-bond acceptors (Lipinski definition) is 5. The van der Waals surface area contributed by atoms with E-state index in [4.69, 9.17) is 0 Å². The highest BCUT2D eigenvalue weighted by Gasteiger charge is 2.33. The summed E-state index contributed by atoms with van der Waals surface area (Å²) < 4.78 is 38.4. The third-order valence-corrected chi connectivity index (χ3v) is 4.25. The van der Waals surface area contributed by atoms with E-state index in [0.29, 0.717) is 38.5 Å². The number of halogens is 3. The highest BCUT2D eigenvalue weighted by atomic mass is 19.4. The molecule has 0 atom stereocenters. The number of nitrogens with zero attached hydrogens (tertiary/aromatic N) is 4. The number of nitro benzene ring substituents is 1. The largest absolute Gasteiger partial charge is 0.433 e. The molecule has 138 valence electrons. The smallest absolute Gasteiger partial charge is 0.354 e. The van der Waals surface area contributed by atoms with Gasteiger partial charge in [0, 0.05) is 44.9 Å². The van der Waals surface area contributed by atoms with E-state index in [1.807, 2.05) is 11.0 Å². The molecule has 9 heteroatoms. The van der Waals surface area contributed by atoms with Gasteiger partial charge in [-0.25, -0.2) is 4.98 Å². The summed E-state index contributed by atoms with van der Waals surface area (Å²) in [4.78, 5) is 18.1. The van der Waals surface area contributed by atoms with Crippen molar-refractivity contribution in [3.05, 3.63) is 63.8 Å². The maximum Gasteiger partial charge on any atom is 0.433 e. The van der Waals surface area contributed by atoms with E-state index in [9.17, 15) is 23.3 Å². The van der Waals surface area contributed by atoms with E-state index in [1.165, 1.54) is 12.1 Å². The number of benzene rings is 1. The van der Waals surface area contributed by atoms with Crippen LogP contribution in [0.2, 0.25) is 0 Å². The Kier molecular flexibility index (Phi) is 5.08. The van der Waals surface area contributed by atoms with Crippen LogP contribution in [-0.2, 0) is 12.7 Å². The topological polar surface area (TPSA) is 62.5 Å². The molecular weight excluding hydrogens is 349 g/mol. The Morgan fingerprint density at radius 2 is 1.77 bits per heavy atom. The molecule has 0 radical (unpaired) electrons. The Morgan fingerprint density at radius 1 is 1.08 bits per heavy atom. The van der Waals surface area contributed by atoms with Crippen LogP contribution < -0.4 is 4.90 Å². The lowest BCUT2D eigenvalue weighted by molar-refractivity contribution is -0.384. The van der Waals surface area contributed by atoms with E-state index in [1.54, 1.807) is 18.2 Å². The number of aromatic nitrogens is 1. The molecule has 1 aromatic carbocycles. The van der Waals surface area contributed by atoms with Gasteiger partial charge in [0.25, 0.3) is 5.69 Å². The Hall–Kier alpha value is -2.68. The molecule has 1 aliphatic rings. The molecule has 0 saturated carbocycles. The molecule has 0 unspecified atom stereocenters. The van der Waals surface area contributed by atoms with Gasteiger partial charge in [0.1, 0.15) is 11.5 Å². The van der Waals surface area contributed by atoms with Gasteiger partial charge < -0.3 is 4.90 Å². The second-order valence-electron chi connectivity index (χ2n) is 6.07. The van der Waals surface area contributed by atoms with Gasteiger partial charge in [0.2, 0.25) is 0 Å². The predicted octanol–water partition coefficient (Wildman–Crippen LogP) is 3.33. The molecule has 1 saturated heterocycles. The van der Waals surface area contributed by atoms with E-state index in [-0.39, 0.29) is 5.69 Å². The molecule has 0 aliphatic carbocycles. The van der Waals surface area contributed by atoms with Crippen molar-refractivity contribution in [1.29, 1.82) is 0 Å². The van der Waals surface area contributed by atoms with Crippen molar-refractivity contribution in [3.63, 3.8) is 0 Å². The Balaban J connectivity index is 1.61. The fourth-order valence-corrected chi connectivity index (χ4v) is 2.92. The molecule has 1 aromatic heterocycles. The van der Waals surface area contributed by atoms with Gasteiger partial charge in [-0.2, -0.15) is 13.2 Å². The Morgan fingerprint density at radius 3 is 2.42 bits per heavy atom. The quantitative estimate of drug-likeness (QED) is 0.614. The van der Waals surface area contributed by atoms with Crippen LogP contribution in [-0.4, -0.2) is 41.0 Å². The number of pyridine rings is 1. The van der Waals surface area contributed by atoms with Crippen molar-refractivity contribution in [1.82, 2.24) is 9.88 Å². The van der Waals surface area contributed by atoms with E-state index in [0.717, 1.165) is 11.6 Å². The lowest BCUT2D eigenvalue weighted by Crippen LogP contribution is -2.46. The van der Waals surface area contributed by atoms with E-state index in [2.05, 4.69) is 9.88 Å². The third kappa shape index (κ3) is 4.29. The summed E-state index contributed by atoms with van der Waals surface area (Å²) in [5.74, 6) is 0.315. The first-order valence-electron chi connectivity index (χ1n) is 8.08. The minimum atomic E-state index is -4.46. The maximum absolute atomic E-state index is 12.8. The number of piperazine rings is 1. The SMILES string of the molecule is O=[N+]([O-])c1cccc(CN2CCN(c3cccc(C(F)(F)F)n3)CC2)c1. The standard InChI is InChI=1S/C17H17F3N4O2/c18-17(19,20)15-5-2-6-16(21-15)23-9-7-22(8-10-23)12-13-3-1-4-14(11-13)24(25)26/h1-6,11H,7-10,12H2. The maximum atomic E-state index is 12.8. The number of alkyl halides is 3. The van der Waals surface area contributed by atoms with Crippen LogP contribution >= 0.6 is 0 Å². The van der Waals surface area contributed by atoms with Crippen LogP contribution in [0.5, 0.6) is 0 Å². The van der Waals surface area contributed by atoms with Gasteiger partial charge >= 0.3 is 6.18 Å². The fraction of sp³-hybridized carbons (Fsp3) is 0.353. The number of hydrogen-bond donors (Lipinski definition) is 0. The van der Waals surface area contributed by atoms with Crippen molar-refractivity contribution in [2.45, 2.75) is 12.7 Å². The second kappa shape index (κ2) is 7.28. The first-order chi connectivity index (χ1) is 12.3. The molecule has 3 rings (SSSR count). The predicted molar refractivity (Wildman–Crippen MR) is 89.8 cm³/mol. The second-order valence-corrected chi connectivity index (χ2v) is 6.07. The summed E-state index contributed by atoms with van der Waals surface area (Å²) in [5, 5.41) is 10.8. The van der Waals surface area contributed by atoms with Crippen molar-refractivity contribution in [2.75, 3.05) is 31.1 Å². The van der Waals surface area contributed by atoms with Crippen LogP contribution in [0.4, 0.5) is 24.7 Å². The van der Waals surface area contributed by atoms with Crippen LogP contribution in [0.3, 0.4) is 0 Å². The average Bonchev–Trinajstić information content (AvgIpc) is 2.62. The summed E-state index contributed by atoms with van der Waals surface area (Å²) in [5.41, 5.74) is -0.00632. The third-order valence-electron chi connectivity index (χ3n) is 4.25. The van der Waals surface area contributed by atoms with Crippen LogP contribution in [0.1, 0.15) is 11.3 Å². The van der Waals surface area contributed by atoms with Gasteiger partial charge in [-0.05, 0) is 17.7 Å². The van der Waals surface area contributed by atoms with E-state index < -0.39 is 16.8 Å². The Bertz CT molecular complexity index is 790. The number of nitro groups is 1. The lowest BCUT2D eigenvalue weighted by Gasteiger charge is -2.35. The zero-order chi connectivity index (χ0) is 18.7. The molecule has 2 aromatic rings. The molecule has 0 N–H and O–H groups in total. The van der Waals surface area contributed by atoms with Crippen LogP contribution in [0.15, 0.2) is 42.5 Å².